The van der Waals surface area contributed by atoms with Gasteiger partial charge in [0.25, 0.3) is 0 Å². The lowest BCUT2D eigenvalue weighted by Gasteiger charge is -2.34. The standard InChI is InChI=1S/C18H22FN5O/c1-13-11-20-18(21-14(13)2)24-9-7-23(8-10-24)12-17(25)22-16-5-3-15(19)4-6-16/h3-6,11H,7-10,12H2,1-2H3,(H,22,25). The van der Waals surface area contributed by atoms with Crippen molar-refractivity contribution in [2.75, 3.05) is 42.9 Å². The molecule has 1 aromatic heterocycles. The molecule has 132 valence electrons. The molecule has 0 bridgehead atoms. The number of piperazine rings is 1. The molecule has 2 aromatic rings. The first-order valence-corrected chi connectivity index (χ1v) is 8.34. The fraction of sp³-hybridized carbons (Fsp3) is 0.389. The first-order valence-electron chi connectivity index (χ1n) is 8.34. The van der Waals surface area contributed by atoms with Crippen molar-refractivity contribution in [3.63, 3.8) is 0 Å². The van der Waals surface area contributed by atoms with Gasteiger partial charge in [0.2, 0.25) is 11.9 Å². The fourth-order valence-electron chi connectivity index (χ4n) is 2.71. The molecule has 2 heterocycles. The van der Waals surface area contributed by atoms with Gasteiger partial charge < -0.3 is 10.2 Å². The van der Waals surface area contributed by atoms with Crippen molar-refractivity contribution >= 4 is 17.5 Å². The van der Waals surface area contributed by atoms with Crippen molar-refractivity contribution in [1.82, 2.24) is 14.9 Å². The summed E-state index contributed by atoms with van der Waals surface area (Å²) in [6.07, 6.45) is 1.85. The van der Waals surface area contributed by atoms with Gasteiger partial charge in [-0.05, 0) is 43.7 Å². The molecule has 1 amide bonds. The van der Waals surface area contributed by atoms with Gasteiger partial charge in [-0.1, -0.05) is 0 Å². The molecule has 1 fully saturated rings. The van der Waals surface area contributed by atoms with E-state index >= 15 is 0 Å². The molecule has 3 rings (SSSR count). The minimum absolute atomic E-state index is 0.0949. The second-order valence-electron chi connectivity index (χ2n) is 6.26. The van der Waals surface area contributed by atoms with Crippen LogP contribution in [-0.4, -0.2) is 53.5 Å². The van der Waals surface area contributed by atoms with Crippen LogP contribution in [0.2, 0.25) is 0 Å². The summed E-state index contributed by atoms with van der Waals surface area (Å²) in [4.78, 5) is 25.3. The number of hydrogen-bond acceptors (Lipinski definition) is 5. The van der Waals surface area contributed by atoms with Gasteiger partial charge in [-0.15, -0.1) is 0 Å². The number of anilines is 2. The van der Waals surface area contributed by atoms with Gasteiger partial charge in [-0.25, -0.2) is 14.4 Å². The minimum atomic E-state index is -0.317. The molecule has 0 atom stereocenters. The minimum Gasteiger partial charge on any atom is -0.338 e. The second kappa shape index (κ2) is 7.57. The number of carbonyl (C=O) groups excluding carboxylic acids is 1. The average Bonchev–Trinajstić information content (AvgIpc) is 2.60. The van der Waals surface area contributed by atoms with Crippen LogP contribution in [0.1, 0.15) is 11.3 Å². The number of hydrogen-bond donors (Lipinski definition) is 1. The molecule has 1 aliphatic rings. The predicted octanol–water partition coefficient (Wildman–Crippen LogP) is 1.99. The highest BCUT2D eigenvalue weighted by molar-refractivity contribution is 5.92. The molecule has 0 aliphatic carbocycles. The Morgan fingerprint density at radius 3 is 2.48 bits per heavy atom. The molecule has 0 unspecified atom stereocenters. The van der Waals surface area contributed by atoms with Crippen molar-refractivity contribution in [2.24, 2.45) is 0 Å². The Kier molecular flexibility index (Phi) is 5.23. The molecule has 0 spiro atoms. The van der Waals surface area contributed by atoms with E-state index in [-0.39, 0.29) is 11.7 Å². The first kappa shape index (κ1) is 17.3. The zero-order valence-electron chi connectivity index (χ0n) is 14.5. The molecular formula is C18H22FN5O. The van der Waals surface area contributed by atoms with Crippen LogP contribution in [0.4, 0.5) is 16.0 Å². The number of carbonyl (C=O) groups is 1. The topological polar surface area (TPSA) is 61.4 Å². The van der Waals surface area contributed by atoms with Crippen molar-refractivity contribution in [2.45, 2.75) is 13.8 Å². The van der Waals surface area contributed by atoms with Gasteiger partial charge in [0.05, 0.1) is 6.54 Å². The maximum absolute atomic E-state index is 12.9. The molecule has 25 heavy (non-hydrogen) atoms. The van der Waals surface area contributed by atoms with Crippen LogP contribution in [0, 0.1) is 19.7 Å². The van der Waals surface area contributed by atoms with Gasteiger partial charge >= 0.3 is 0 Å². The third kappa shape index (κ3) is 4.51. The number of aryl methyl sites for hydroxylation is 2. The Bertz CT molecular complexity index is 742. The van der Waals surface area contributed by atoms with E-state index < -0.39 is 0 Å². The lowest BCUT2D eigenvalue weighted by molar-refractivity contribution is -0.117. The Hall–Kier alpha value is -2.54. The third-order valence-electron chi connectivity index (χ3n) is 4.36. The van der Waals surface area contributed by atoms with E-state index in [0.29, 0.717) is 12.2 Å². The Labute approximate surface area is 146 Å². The number of benzene rings is 1. The van der Waals surface area contributed by atoms with Crippen molar-refractivity contribution in [3.8, 4) is 0 Å². The Morgan fingerprint density at radius 2 is 1.84 bits per heavy atom. The molecule has 0 radical (unpaired) electrons. The van der Waals surface area contributed by atoms with Gasteiger partial charge in [-0.3, -0.25) is 9.69 Å². The molecule has 1 saturated heterocycles. The van der Waals surface area contributed by atoms with E-state index in [1.54, 1.807) is 12.1 Å². The van der Waals surface area contributed by atoms with E-state index in [1.165, 1.54) is 12.1 Å². The summed E-state index contributed by atoms with van der Waals surface area (Å²) in [5.74, 6) is 0.337. The summed E-state index contributed by atoms with van der Waals surface area (Å²) < 4.78 is 12.9. The lowest BCUT2D eigenvalue weighted by atomic mass is 10.2. The predicted molar refractivity (Wildman–Crippen MR) is 95.2 cm³/mol. The van der Waals surface area contributed by atoms with Crippen LogP contribution in [-0.2, 0) is 4.79 Å². The number of nitrogens with zero attached hydrogens (tertiary/aromatic N) is 4. The summed E-state index contributed by atoms with van der Waals surface area (Å²) in [5, 5.41) is 2.79. The zero-order valence-corrected chi connectivity index (χ0v) is 14.5. The van der Waals surface area contributed by atoms with Gasteiger partial charge in [-0.2, -0.15) is 0 Å². The van der Waals surface area contributed by atoms with E-state index in [1.807, 2.05) is 20.0 Å². The van der Waals surface area contributed by atoms with Gasteiger partial charge in [0.1, 0.15) is 5.82 Å². The van der Waals surface area contributed by atoms with Crippen LogP contribution < -0.4 is 10.2 Å². The number of aromatic nitrogens is 2. The van der Waals surface area contributed by atoms with Crippen LogP contribution >= 0.6 is 0 Å². The Morgan fingerprint density at radius 1 is 1.16 bits per heavy atom. The molecule has 0 saturated carbocycles. The molecule has 6 nitrogen and oxygen atoms in total. The summed E-state index contributed by atoms with van der Waals surface area (Å²) in [5.41, 5.74) is 2.68. The van der Waals surface area contributed by atoms with Crippen LogP contribution in [0.15, 0.2) is 30.5 Å². The molecule has 1 aliphatic heterocycles. The van der Waals surface area contributed by atoms with Gasteiger partial charge in [0, 0.05) is 43.8 Å². The van der Waals surface area contributed by atoms with E-state index in [4.69, 9.17) is 0 Å². The second-order valence-corrected chi connectivity index (χ2v) is 6.26. The lowest BCUT2D eigenvalue weighted by Crippen LogP contribution is -2.49. The van der Waals surface area contributed by atoms with E-state index in [2.05, 4.69) is 25.1 Å². The first-order chi connectivity index (χ1) is 12.0. The highest BCUT2D eigenvalue weighted by Crippen LogP contribution is 2.13. The number of halogens is 1. The van der Waals surface area contributed by atoms with Crippen molar-refractivity contribution in [3.05, 3.63) is 47.5 Å². The summed E-state index contributed by atoms with van der Waals surface area (Å²) in [6, 6.07) is 5.78. The van der Waals surface area contributed by atoms with Crippen LogP contribution in [0.3, 0.4) is 0 Å². The SMILES string of the molecule is Cc1cnc(N2CCN(CC(=O)Nc3ccc(F)cc3)CC2)nc1C. The highest BCUT2D eigenvalue weighted by atomic mass is 19.1. The third-order valence-corrected chi connectivity index (χ3v) is 4.36. The van der Waals surface area contributed by atoms with E-state index in [9.17, 15) is 9.18 Å². The van der Waals surface area contributed by atoms with E-state index in [0.717, 1.165) is 43.4 Å². The molecule has 1 aromatic carbocycles. The highest BCUT2D eigenvalue weighted by Gasteiger charge is 2.21. The zero-order chi connectivity index (χ0) is 17.8. The average molecular weight is 343 g/mol. The monoisotopic (exact) mass is 343 g/mol. The summed E-state index contributed by atoms with van der Waals surface area (Å²) in [7, 11) is 0. The normalized spacial score (nSPS) is 15.2. The maximum Gasteiger partial charge on any atom is 0.238 e. The Balaban J connectivity index is 1.49. The fourth-order valence-corrected chi connectivity index (χ4v) is 2.71. The smallest absolute Gasteiger partial charge is 0.238 e. The van der Waals surface area contributed by atoms with Crippen molar-refractivity contribution in [1.29, 1.82) is 0 Å². The maximum atomic E-state index is 12.9. The molecule has 1 N–H and O–H groups in total. The van der Waals surface area contributed by atoms with Crippen LogP contribution in [0.5, 0.6) is 0 Å². The molecular weight excluding hydrogens is 321 g/mol. The summed E-state index contributed by atoms with van der Waals surface area (Å²) in [6.45, 7) is 7.41. The number of rotatable bonds is 4. The van der Waals surface area contributed by atoms with Crippen LogP contribution in [0.25, 0.3) is 0 Å². The molecule has 7 heteroatoms. The quantitative estimate of drug-likeness (QED) is 0.920. The van der Waals surface area contributed by atoms with Crippen molar-refractivity contribution < 1.29 is 9.18 Å². The number of nitrogens with one attached hydrogen (secondary N) is 1. The largest absolute Gasteiger partial charge is 0.338 e. The summed E-state index contributed by atoms with van der Waals surface area (Å²) >= 11 is 0. The number of amides is 1. The van der Waals surface area contributed by atoms with Gasteiger partial charge in [0.15, 0.2) is 0 Å².